The maximum Gasteiger partial charge on any atom is 0.134 e. The van der Waals surface area contributed by atoms with Gasteiger partial charge in [-0.1, -0.05) is 12.1 Å². The predicted octanol–water partition coefficient (Wildman–Crippen LogP) is 2.97. The fourth-order valence-electron chi connectivity index (χ4n) is 1.54. The number of fused-ring (bicyclic) bond motifs is 1. The summed E-state index contributed by atoms with van der Waals surface area (Å²) in [5.41, 5.74) is 2.03. The van der Waals surface area contributed by atoms with Crippen LogP contribution < -0.4 is 0 Å². The van der Waals surface area contributed by atoms with Crippen molar-refractivity contribution < 1.29 is 9.52 Å². The number of rotatable bonds is 1. The first kappa shape index (κ1) is 9.28. The van der Waals surface area contributed by atoms with Crippen molar-refractivity contribution in [3.05, 3.63) is 35.6 Å². The molecule has 1 N–H and O–H groups in total. The number of benzene rings is 1. The van der Waals surface area contributed by atoms with Crippen LogP contribution in [0.15, 0.2) is 28.9 Å². The third-order valence-electron chi connectivity index (χ3n) is 2.48. The third-order valence-corrected chi connectivity index (χ3v) is 2.48. The molecule has 1 aromatic heterocycles. The predicted molar refractivity (Wildman–Crippen MR) is 56.2 cm³/mol. The number of aryl methyl sites for hydroxylation is 1. The number of aliphatic hydroxyl groups is 1. The molecule has 1 aromatic carbocycles. The van der Waals surface area contributed by atoms with Gasteiger partial charge in [-0.2, -0.15) is 0 Å². The standard InChI is InChI=1S/C12H14O2/c1-8-7-14-11-6-9(12(2,3)13)4-5-10(8)11/h4-7,13H,1-3H3. The topological polar surface area (TPSA) is 33.4 Å². The van der Waals surface area contributed by atoms with E-state index in [4.69, 9.17) is 4.42 Å². The van der Waals surface area contributed by atoms with Crippen LogP contribution in [0.4, 0.5) is 0 Å². The molecule has 1 heterocycles. The zero-order chi connectivity index (χ0) is 10.3. The molecule has 0 saturated carbocycles. The SMILES string of the molecule is Cc1coc2cc(C(C)(C)O)ccc12. The number of furan rings is 1. The Balaban J connectivity index is 2.63. The molecule has 2 rings (SSSR count). The Bertz CT molecular complexity index is 461. The van der Waals surface area contributed by atoms with E-state index in [0.29, 0.717) is 0 Å². The van der Waals surface area contributed by atoms with Crippen LogP contribution in [0.5, 0.6) is 0 Å². The highest BCUT2D eigenvalue weighted by molar-refractivity contribution is 5.81. The first-order chi connectivity index (χ1) is 6.48. The van der Waals surface area contributed by atoms with Crippen LogP contribution in [0.3, 0.4) is 0 Å². The van der Waals surface area contributed by atoms with E-state index in [0.717, 1.165) is 22.1 Å². The molecule has 0 fully saturated rings. The molecule has 0 bridgehead atoms. The highest BCUT2D eigenvalue weighted by atomic mass is 16.3. The number of hydrogen-bond donors (Lipinski definition) is 1. The van der Waals surface area contributed by atoms with Crippen molar-refractivity contribution in [1.82, 2.24) is 0 Å². The van der Waals surface area contributed by atoms with Gasteiger partial charge in [-0.05, 0) is 38.0 Å². The summed E-state index contributed by atoms with van der Waals surface area (Å²) in [4.78, 5) is 0. The van der Waals surface area contributed by atoms with Crippen LogP contribution >= 0.6 is 0 Å². The van der Waals surface area contributed by atoms with Crippen LogP contribution in [0.2, 0.25) is 0 Å². The van der Waals surface area contributed by atoms with Crippen LogP contribution in [0, 0.1) is 6.92 Å². The van der Waals surface area contributed by atoms with Crippen molar-refractivity contribution in [3.63, 3.8) is 0 Å². The monoisotopic (exact) mass is 190 g/mol. The van der Waals surface area contributed by atoms with Gasteiger partial charge in [-0.3, -0.25) is 0 Å². The van der Waals surface area contributed by atoms with Crippen molar-refractivity contribution in [2.24, 2.45) is 0 Å². The number of hydrogen-bond acceptors (Lipinski definition) is 2. The normalized spacial score (nSPS) is 12.3. The van der Waals surface area contributed by atoms with Gasteiger partial charge in [0.25, 0.3) is 0 Å². The van der Waals surface area contributed by atoms with E-state index >= 15 is 0 Å². The highest BCUT2D eigenvalue weighted by Gasteiger charge is 2.16. The molecule has 0 spiro atoms. The summed E-state index contributed by atoms with van der Waals surface area (Å²) in [6.07, 6.45) is 1.73. The summed E-state index contributed by atoms with van der Waals surface area (Å²) in [7, 11) is 0. The zero-order valence-electron chi connectivity index (χ0n) is 8.66. The van der Waals surface area contributed by atoms with Crippen LogP contribution in [-0.2, 0) is 5.60 Å². The maximum atomic E-state index is 9.81. The van der Waals surface area contributed by atoms with Gasteiger partial charge < -0.3 is 9.52 Å². The molecule has 2 aromatic rings. The van der Waals surface area contributed by atoms with Gasteiger partial charge in [0.15, 0.2) is 0 Å². The smallest absolute Gasteiger partial charge is 0.134 e. The quantitative estimate of drug-likeness (QED) is 0.750. The third kappa shape index (κ3) is 1.42. The summed E-state index contributed by atoms with van der Waals surface area (Å²) in [6.45, 7) is 5.55. The maximum absolute atomic E-state index is 9.81. The summed E-state index contributed by atoms with van der Waals surface area (Å²) in [5.74, 6) is 0. The zero-order valence-corrected chi connectivity index (χ0v) is 8.66. The molecule has 0 aliphatic carbocycles. The van der Waals surface area contributed by atoms with Gasteiger partial charge >= 0.3 is 0 Å². The lowest BCUT2D eigenvalue weighted by molar-refractivity contribution is 0.0786. The van der Waals surface area contributed by atoms with E-state index in [1.807, 2.05) is 25.1 Å². The van der Waals surface area contributed by atoms with Crippen molar-refractivity contribution in [3.8, 4) is 0 Å². The van der Waals surface area contributed by atoms with Crippen LogP contribution in [0.25, 0.3) is 11.0 Å². The lowest BCUT2D eigenvalue weighted by atomic mass is 9.97. The molecule has 2 nitrogen and oxygen atoms in total. The second-order valence-electron chi connectivity index (χ2n) is 4.19. The highest BCUT2D eigenvalue weighted by Crippen LogP contribution is 2.26. The van der Waals surface area contributed by atoms with Crippen LogP contribution in [0.1, 0.15) is 25.0 Å². The lowest BCUT2D eigenvalue weighted by Gasteiger charge is -2.17. The molecule has 74 valence electrons. The Labute approximate surface area is 83.2 Å². The average Bonchev–Trinajstić information content (AvgIpc) is 2.46. The molecule has 0 aliphatic rings. The summed E-state index contributed by atoms with van der Waals surface area (Å²) < 4.78 is 5.37. The molecule has 0 amide bonds. The van der Waals surface area contributed by atoms with Crippen molar-refractivity contribution in [1.29, 1.82) is 0 Å². The second kappa shape index (κ2) is 2.85. The van der Waals surface area contributed by atoms with E-state index in [-0.39, 0.29) is 0 Å². The summed E-state index contributed by atoms with van der Waals surface area (Å²) >= 11 is 0. The molecule has 0 radical (unpaired) electrons. The first-order valence-corrected chi connectivity index (χ1v) is 4.69. The molecule has 0 unspecified atom stereocenters. The minimum atomic E-state index is -0.811. The average molecular weight is 190 g/mol. The van der Waals surface area contributed by atoms with Gasteiger partial charge in [0.05, 0.1) is 11.9 Å². The summed E-state index contributed by atoms with van der Waals surface area (Å²) in [6, 6.07) is 5.81. The Hall–Kier alpha value is -1.28. The van der Waals surface area contributed by atoms with Crippen molar-refractivity contribution in [2.75, 3.05) is 0 Å². The van der Waals surface area contributed by atoms with E-state index in [2.05, 4.69) is 0 Å². The Morgan fingerprint density at radius 1 is 1.29 bits per heavy atom. The van der Waals surface area contributed by atoms with E-state index < -0.39 is 5.60 Å². The first-order valence-electron chi connectivity index (χ1n) is 4.69. The second-order valence-corrected chi connectivity index (χ2v) is 4.19. The van der Waals surface area contributed by atoms with Crippen molar-refractivity contribution in [2.45, 2.75) is 26.4 Å². The molecule has 0 saturated heterocycles. The molecule has 0 aliphatic heterocycles. The Morgan fingerprint density at radius 3 is 2.64 bits per heavy atom. The fourth-order valence-corrected chi connectivity index (χ4v) is 1.54. The Morgan fingerprint density at radius 2 is 2.00 bits per heavy atom. The Kier molecular flexibility index (Phi) is 1.89. The van der Waals surface area contributed by atoms with E-state index in [1.165, 1.54) is 0 Å². The molecule has 14 heavy (non-hydrogen) atoms. The minimum Gasteiger partial charge on any atom is -0.464 e. The van der Waals surface area contributed by atoms with E-state index in [1.54, 1.807) is 20.1 Å². The fraction of sp³-hybridized carbons (Fsp3) is 0.333. The van der Waals surface area contributed by atoms with Gasteiger partial charge in [0.2, 0.25) is 0 Å². The van der Waals surface area contributed by atoms with Crippen LogP contribution in [-0.4, -0.2) is 5.11 Å². The lowest BCUT2D eigenvalue weighted by Crippen LogP contribution is -2.14. The minimum absolute atomic E-state index is 0.811. The summed E-state index contributed by atoms with van der Waals surface area (Å²) in [5, 5.41) is 10.9. The molecule has 2 heteroatoms. The van der Waals surface area contributed by atoms with Gasteiger partial charge in [0, 0.05) is 5.39 Å². The van der Waals surface area contributed by atoms with Crippen molar-refractivity contribution >= 4 is 11.0 Å². The molecular formula is C12H14O2. The van der Waals surface area contributed by atoms with Gasteiger partial charge in [0.1, 0.15) is 5.58 Å². The largest absolute Gasteiger partial charge is 0.464 e. The van der Waals surface area contributed by atoms with Gasteiger partial charge in [-0.25, -0.2) is 0 Å². The van der Waals surface area contributed by atoms with E-state index in [9.17, 15) is 5.11 Å². The van der Waals surface area contributed by atoms with Gasteiger partial charge in [-0.15, -0.1) is 0 Å². The molecular weight excluding hydrogens is 176 g/mol. The molecule has 0 atom stereocenters.